The monoisotopic (exact) mass is 250 g/mol. The first-order chi connectivity index (χ1) is 6.13. The molecule has 0 unspecified atom stereocenters. The van der Waals surface area contributed by atoms with Crippen LogP contribution in [0, 0.1) is 11.6 Å². The Morgan fingerprint density at radius 2 is 2.00 bits per heavy atom. The average Bonchev–Trinajstić information content (AvgIpc) is 2.59. The summed E-state index contributed by atoms with van der Waals surface area (Å²) in [6.07, 6.45) is 0.473. The van der Waals surface area contributed by atoms with E-state index >= 15 is 0 Å². The lowest BCUT2D eigenvalue weighted by Gasteiger charge is -2.06. The maximum atomic E-state index is 13.1. The maximum absolute atomic E-state index is 13.1. The Balaban J connectivity index is 2.77. The molecular weight excluding hydrogens is 246 g/mol. The van der Waals surface area contributed by atoms with E-state index in [4.69, 9.17) is 9.84 Å². The third-order valence-electron chi connectivity index (χ3n) is 1.95. The quantitative estimate of drug-likeness (QED) is 0.717. The number of phenols is 1. The molecule has 0 aliphatic carbocycles. The Kier molecular flexibility index (Phi) is 1.91. The number of hydrogen-bond donors (Lipinski definition) is 1. The minimum atomic E-state index is -1.27. The average molecular weight is 251 g/mol. The molecule has 2 nitrogen and oxygen atoms in total. The molecule has 70 valence electrons. The smallest absolute Gasteiger partial charge is 0.205 e. The lowest BCUT2D eigenvalue weighted by molar-refractivity contribution is 0.326. The summed E-state index contributed by atoms with van der Waals surface area (Å²) in [5.74, 6) is -3.18. The molecule has 5 heteroatoms. The molecule has 0 atom stereocenters. The molecule has 0 radical (unpaired) electrons. The summed E-state index contributed by atoms with van der Waals surface area (Å²) in [7, 11) is 0. The van der Waals surface area contributed by atoms with Gasteiger partial charge in [-0.15, -0.1) is 0 Å². The van der Waals surface area contributed by atoms with Crippen LogP contribution < -0.4 is 4.74 Å². The van der Waals surface area contributed by atoms with E-state index in [2.05, 4.69) is 15.9 Å². The molecular formula is C8H5BrF2O2. The zero-order valence-corrected chi connectivity index (χ0v) is 7.99. The lowest BCUT2D eigenvalue weighted by atomic mass is 10.1. The molecule has 1 heterocycles. The normalized spacial score (nSPS) is 14.1. The van der Waals surface area contributed by atoms with Crippen LogP contribution in [-0.4, -0.2) is 11.7 Å². The predicted molar refractivity (Wildman–Crippen MR) is 44.9 cm³/mol. The Labute approximate surface area is 81.3 Å². The molecule has 0 bridgehead atoms. The second-order valence-corrected chi connectivity index (χ2v) is 3.49. The van der Waals surface area contributed by atoms with Crippen LogP contribution in [0.2, 0.25) is 0 Å². The highest BCUT2D eigenvalue weighted by Gasteiger charge is 2.27. The Morgan fingerprint density at radius 3 is 2.69 bits per heavy atom. The summed E-state index contributed by atoms with van der Waals surface area (Å²) < 4.78 is 31.0. The van der Waals surface area contributed by atoms with E-state index < -0.39 is 17.4 Å². The SMILES string of the molecule is Oc1c(F)c(F)c2c(c1Br)CCO2. The van der Waals surface area contributed by atoms with Gasteiger partial charge in [-0.25, -0.2) is 0 Å². The van der Waals surface area contributed by atoms with E-state index in [0.29, 0.717) is 18.6 Å². The van der Waals surface area contributed by atoms with Crippen molar-refractivity contribution in [3.05, 3.63) is 21.7 Å². The molecule has 0 saturated heterocycles. The van der Waals surface area contributed by atoms with E-state index in [9.17, 15) is 8.78 Å². The molecule has 1 N–H and O–H groups in total. The topological polar surface area (TPSA) is 29.5 Å². The minimum Gasteiger partial charge on any atom is -0.504 e. The van der Waals surface area contributed by atoms with Gasteiger partial charge in [-0.05, 0) is 15.9 Å². The van der Waals surface area contributed by atoms with Gasteiger partial charge in [0.05, 0.1) is 11.1 Å². The van der Waals surface area contributed by atoms with Crippen LogP contribution in [0.5, 0.6) is 11.5 Å². The first-order valence-electron chi connectivity index (χ1n) is 3.64. The largest absolute Gasteiger partial charge is 0.504 e. The summed E-state index contributed by atoms with van der Waals surface area (Å²) in [4.78, 5) is 0. The molecule has 2 rings (SSSR count). The zero-order valence-electron chi connectivity index (χ0n) is 6.40. The van der Waals surface area contributed by atoms with E-state index in [1.54, 1.807) is 0 Å². The third kappa shape index (κ3) is 1.10. The van der Waals surface area contributed by atoms with Crippen molar-refractivity contribution in [2.75, 3.05) is 6.61 Å². The standard InChI is InChI=1S/C8H5BrF2O2/c9-4-3-1-2-13-8(3)6(11)5(10)7(4)12/h12H,1-2H2. The Morgan fingerprint density at radius 1 is 1.31 bits per heavy atom. The van der Waals surface area contributed by atoms with Gasteiger partial charge < -0.3 is 9.84 Å². The number of aromatic hydroxyl groups is 1. The van der Waals surface area contributed by atoms with Gasteiger partial charge in [-0.2, -0.15) is 8.78 Å². The van der Waals surface area contributed by atoms with Gasteiger partial charge in [0, 0.05) is 12.0 Å². The van der Waals surface area contributed by atoms with Gasteiger partial charge in [-0.3, -0.25) is 0 Å². The molecule has 1 aliphatic heterocycles. The molecule has 0 fully saturated rings. The number of rotatable bonds is 0. The first kappa shape index (κ1) is 8.74. The van der Waals surface area contributed by atoms with Crippen LogP contribution in [0.25, 0.3) is 0 Å². The molecule has 0 amide bonds. The highest BCUT2D eigenvalue weighted by molar-refractivity contribution is 9.10. The van der Waals surface area contributed by atoms with Crippen LogP contribution >= 0.6 is 15.9 Å². The highest BCUT2D eigenvalue weighted by atomic mass is 79.9. The van der Waals surface area contributed by atoms with Crippen LogP contribution in [0.15, 0.2) is 4.47 Å². The summed E-state index contributed by atoms with van der Waals surface area (Å²) in [5.41, 5.74) is 0.483. The van der Waals surface area contributed by atoms with Gasteiger partial charge in [0.2, 0.25) is 11.6 Å². The van der Waals surface area contributed by atoms with Gasteiger partial charge in [0.1, 0.15) is 0 Å². The number of fused-ring (bicyclic) bond motifs is 1. The number of ether oxygens (including phenoxy) is 1. The summed E-state index contributed by atoms with van der Waals surface area (Å²) in [6, 6.07) is 0. The van der Waals surface area contributed by atoms with Crippen molar-refractivity contribution in [1.82, 2.24) is 0 Å². The Bertz CT molecular complexity index is 344. The summed E-state index contributed by atoms with van der Waals surface area (Å²) in [6.45, 7) is 0.313. The van der Waals surface area contributed by atoms with Crippen LogP contribution in [0.3, 0.4) is 0 Å². The molecule has 1 aliphatic rings. The van der Waals surface area contributed by atoms with Crippen molar-refractivity contribution in [2.24, 2.45) is 0 Å². The third-order valence-corrected chi connectivity index (χ3v) is 2.80. The minimum absolute atomic E-state index is 0.0952. The van der Waals surface area contributed by atoms with Crippen LogP contribution in [0.1, 0.15) is 5.56 Å². The number of benzene rings is 1. The van der Waals surface area contributed by atoms with E-state index in [0.717, 1.165) is 0 Å². The first-order valence-corrected chi connectivity index (χ1v) is 4.43. The van der Waals surface area contributed by atoms with Crippen molar-refractivity contribution >= 4 is 15.9 Å². The fraction of sp³-hybridized carbons (Fsp3) is 0.250. The van der Waals surface area contributed by atoms with E-state index in [1.807, 2.05) is 0 Å². The van der Waals surface area contributed by atoms with E-state index in [1.165, 1.54) is 0 Å². The zero-order chi connectivity index (χ0) is 9.59. The second kappa shape index (κ2) is 2.83. The number of hydrogen-bond acceptors (Lipinski definition) is 2. The van der Waals surface area contributed by atoms with Gasteiger partial charge in [0.15, 0.2) is 11.5 Å². The fourth-order valence-electron chi connectivity index (χ4n) is 1.30. The second-order valence-electron chi connectivity index (χ2n) is 2.70. The van der Waals surface area contributed by atoms with Crippen LogP contribution in [-0.2, 0) is 6.42 Å². The lowest BCUT2D eigenvalue weighted by Crippen LogP contribution is -1.93. The summed E-state index contributed by atoms with van der Waals surface area (Å²) >= 11 is 2.98. The molecule has 1 aromatic carbocycles. The van der Waals surface area contributed by atoms with Gasteiger partial charge in [0.25, 0.3) is 0 Å². The molecule has 0 saturated carbocycles. The van der Waals surface area contributed by atoms with Crippen LogP contribution in [0.4, 0.5) is 8.78 Å². The van der Waals surface area contributed by atoms with E-state index in [-0.39, 0.29) is 10.2 Å². The Hall–Kier alpha value is -0.840. The maximum Gasteiger partial charge on any atom is 0.205 e. The fourth-order valence-corrected chi connectivity index (χ4v) is 1.86. The molecule has 1 aromatic rings. The number of halogens is 3. The van der Waals surface area contributed by atoms with Crippen molar-refractivity contribution < 1.29 is 18.6 Å². The van der Waals surface area contributed by atoms with Gasteiger partial charge >= 0.3 is 0 Å². The van der Waals surface area contributed by atoms with Crippen molar-refractivity contribution in [1.29, 1.82) is 0 Å². The van der Waals surface area contributed by atoms with Crippen molar-refractivity contribution in [3.63, 3.8) is 0 Å². The predicted octanol–water partition coefficient (Wildman–Crippen LogP) is 2.37. The van der Waals surface area contributed by atoms with Crippen molar-refractivity contribution in [2.45, 2.75) is 6.42 Å². The molecule has 0 aromatic heterocycles. The molecule has 0 spiro atoms. The van der Waals surface area contributed by atoms with Crippen molar-refractivity contribution in [3.8, 4) is 11.5 Å². The number of phenolic OH excluding ortho intramolecular Hbond substituents is 1. The van der Waals surface area contributed by atoms with Gasteiger partial charge in [-0.1, -0.05) is 0 Å². The molecule has 13 heavy (non-hydrogen) atoms. The summed E-state index contributed by atoms with van der Waals surface area (Å²) in [5, 5.41) is 9.13. The highest BCUT2D eigenvalue weighted by Crippen LogP contribution is 2.42.